The Kier molecular flexibility index (Phi) is 5.71. The van der Waals surface area contributed by atoms with Gasteiger partial charge in [-0.1, -0.05) is 29.8 Å². The van der Waals surface area contributed by atoms with Gasteiger partial charge in [0.05, 0.1) is 5.56 Å². The summed E-state index contributed by atoms with van der Waals surface area (Å²) in [6.45, 7) is -0.380. The van der Waals surface area contributed by atoms with Crippen molar-refractivity contribution in [1.29, 1.82) is 0 Å². The number of benzene rings is 2. The van der Waals surface area contributed by atoms with Crippen molar-refractivity contribution in [1.82, 2.24) is 4.90 Å². The maximum atomic E-state index is 12.6. The Hall–Kier alpha value is -2.66. The van der Waals surface area contributed by atoms with Crippen LogP contribution in [0.25, 0.3) is 0 Å². The maximum absolute atomic E-state index is 12.6. The number of ether oxygens (including phenoxy) is 1. The number of carbonyl (C=O) groups excluding carboxylic acids is 3. The lowest BCUT2D eigenvalue weighted by molar-refractivity contribution is -0.131. The lowest BCUT2D eigenvalue weighted by Crippen LogP contribution is -2.28. The number of nitrogens with zero attached hydrogens (tertiary/aromatic N) is 1. The number of halogens is 1. The Labute approximate surface area is 144 Å². The molecule has 0 saturated carbocycles. The highest BCUT2D eigenvalue weighted by molar-refractivity contribution is 6.30. The third-order valence-electron chi connectivity index (χ3n) is 3.32. The van der Waals surface area contributed by atoms with Gasteiger partial charge in [0.15, 0.2) is 12.4 Å². The fraction of sp³-hybridized carbons (Fsp3) is 0.167. The van der Waals surface area contributed by atoms with Crippen LogP contribution in [0.5, 0.6) is 0 Å². The molecule has 0 saturated heterocycles. The van der Waals surface area contributed by atoms with Crippen LogP contribution in [0, 0.1) is 0 Å². The summed E-state index contributed by atoms with van der Waals surface area (Å²) in [5, 5.41) is 0.515. The molecule has 1 amide bonds. The zero-order valence-corrected chi connectivity index (χ0v) is 14.0. The van der Waals surface area contributed by atoms with E-state index < -0.39 is 5.97 Å². The second-order valence-corrected chi connectivity index (χ2v) is 5.68. The molecule has 0 bridgehead atoms. The third-order valence-corrected chi connectivity index (χ3v) is 3.58. The smallest absolute Gasteiger partial charge is 0.339 e. The van der Waals surface area contributed by atoms with Crippen molar-refractivity contribution in [2.75, 3.05) is 20.7 Å². The van der Waals surface area contributed by atoms with E-state index in [1.807, 2.05) is 0 Å². The van der Waals surface area contributed by atoms with Crippen LogP contribution in [0.1, 0.15) is 26.3 Å². The summed E-state index contributed by atoms with van der Waals surface area (Å²) in [7, 11) is 3.13. The molecule has 2 rings (SSSR count). The summed E-state index contributed by atoms with van der Waals surface area (Å²) < 4.78 is 4.99. The van der Waals surface area contributed by atoms with E-state index >= 15 is 0 Å². The van der Waals surface area contributed by atoms with Gasteiger partial charge in [-0.15, -0.1) is 0 Å². The number of rotatable bonds is 5. The quantitative estimate of drug-likeness (QED) is 0.617. The Bertz CT molecular complexity index is 769. The normalized spacial score (nSPS) is 10.1. The molecule has 0 aromatic heterocycles. The van der Waals surface area contributed by atoms with Crippen LogP contribution in [0.4, 0.5) is 0 Å². The van der Waals surface area contributed by atoms with Gasteiger partial charge in [-0.2, -0.15) is 0 Å². The standard InChI is InChI=1S/C18H16ClNO4/c1-20(2)16(21)11-24-18(23)15-6-4-3-5-14(15)17(22)12-7-9-13(19)10-8-12/h3-10H,11H2,1-2H3. The summed E-state index contributed by atoms with van der Waals surface area (Å²) in [4.78, 5) is 37.7. The molecule has 5 nitrogen and oxygen atoms in total. The van der Waals surface area contributed by atoms with E-state index in [-0.39, 0.29) is 29.4 Å². The van der Waals surface area contributed by atoms with Crippen LogP contribution in [0.3, 0.4) is 0 Å². The molecule has 124 valence electrons. The van der Waals surface area contributed by atoms with E-state index in [2.05, 4.69) is 0 Å². The van der Waals surface area contributed by atoms with Crippen molar-refractivity contribution in [3.8, 4) is 0 Å². The molecule has 0 unspecified atom stereocenters. The molecule has 0 fully saturated rings. The number of likely N-dealkylation sites (N-methyl/N-ethyl adjacent to an activating group) is 1. The number of hydrogen-bond acceptors (Lipinski definition) is 4. The minimum absolute atomic E-state index is 0.115. The largest absolute Gasteiger partial charge is 0.452 e. The Morgan fingerprint density at radius 1 is 0.958 bits per heavy atom. The van der Waals surface area contributed by atoms with E-state index in [0.717, 1.165) is 0 Å². The van der Waals surface area contributed by atoms with Gasteiger partial charge < -0.3 is 9.64 Å². The predicted octanol–water partition coefficient (Wildman–Crippen LogP) is 2.82. The molecular weight excluding hydrogens is 330 g/mol. The first-order valence-corrected chi connectivity index (χ1v) is 7.54. The average Bonchev–Trinajstić information content (AvgIpc) is 2.59. The van der Waals surface area contributed by atoms with Gasteiger partial charge in [0, 0.05) is 30.2 Å². The monoisotopic (exact) mass is 345 g/mol. The molecule has 0 radical (unpaired) electrons. The Morgan fingerprint density at radius 3 is 2.12 bits per heavy atom. The topological polar surface area (TPSA) is 63.7 Å². The molecular formula is C18H16ClNO4. The van der Waals surface area contributed by atoms with Gasteiger partial charge in [-0.05, 0) is 30.3 Å². The van der Waals surface area contributed by atoms with Gasteiger partial charge in [0.2, 0.25) is 0 Å². The second kappa shape index (κ2) is 7.75. The summed E-state index contributed by atoms with van der Waals surface area (Å²) in [6, 6.07) is 12.7. The highest BCUT2D eigenvalue weighted by atomic mass is 35.5. The van der Waals surface area contributed by atoms with Gasteiger partial charge in [-0.3, -0.25) is 9.59 Å². The van der Waals surface area contributed by atoms with E-state index in [4.69, 9.17) is 16.3 Å². The molecule has 0 atom stereocenters. The molecule has 0 aliphatic carbocycles. The van der Waals surface area contributed by atoms with Gasteiger partial charge in [0.25, 0.3) is 5.91 Å². The maximum Gasteiger partial charge on any atom is 0.339 e. The van der Waals surface area contributed by atoms with Crippen molar-refractivity contribution < 1.29 is 19.1 Å². The molecule has 0 heterocycles. The zero-order valence-electron chi connectivity index (χ0n) is 13.3. The predicted molar refractivity (Wildman–Crippen MR) is 90.3 cm³/mol. The highest BCUT2D eigenvalue weighted by Gasteiger charge is 2.20. The van der Waals surface area contributed by atoms with E-state index in [1.54, 1.807) is 56.6 Å². The molecule has 0 spiro atoms. The number of hydrogen-bond donors (Lipinski definition) is 0. The van der Waals surface area contributed by atoms with Gasteiger partial charge >= 0.3 is 5.97 Å². The van der Waals surface area contributed by atoms with E-state index in [0.29, 0.717) is 10.6 Å². The first kappa shape index (κ1) is 17.7. The van der Waals surface area contributed by atoms with E-state index in [9.17, 15) is 14.4 Å². The highest BCUT2D eigenvalue weighted by Crippen LogP contribution is 2.17. The van der Waals surface area contributed by atoms with Crippen LogP contribution in [-0.4, -0.2) is 43.3 Å². The fourth-order valence-electron chi connectivity index (χ4n) is 1.95. The van der Waals surface area contributed by atoms with Crippen molar-refractivity contribution in [2.24, 2.45) is 0 Å². The molecule has 6 heteroatoms. The van der Waals surface area contributed by atoms with Gasteiger partial charge in [-0.25, -0.2) is 4.79 Å². The molecule has 2 aromatic rings. The minimum Gasteiger partial charge on any atom is -0.452 e. The van der Waals surface area contributed by atoms with Crippen molar-refractivity contribution in [3.63, 3.8) is 0 Å². The lowest BCUT2D eigenvalue weighted by Gasteiger charge is -2.12. The van der Waals surface area contributed by atoms with E-state index in [1.165, 1.54) is 11.0 Å². The van der Waals surface area contributed by atoms with Crippen LogP contribution < -0.4 is 0 Å². The average molecular weight is 346 g/mol. The number of ketones is 1. The molecule has 0 N–H and O–H groups in total. The first-order valence-electron chi connectivity index (χ1n) is 7.16. The lowest BCUT2D eigenvalue weighted by atomic mass is 9.98. The third kappa shape index (κ3) is 4.20. The first-order chi connectivity index (χ1) is 11.4. The molecule has 2 aromatic carbocycles. The van der Waals surface area contributed by atoms with Crippen LogP contribution in [-0.2, 0) is 9.53 Å². The van der Waals surface area contributed by atoms with Crippen LogP contribution >= 0.6 is 11.6 Å². The van der Waals surface area contributed by atoms with Crippen molar-refractivity contribution >= 4 is 29.3 Å². The second-order valence-electron chi connectivity index (χ2n) is 5.25. The molecule has 0 aliphatic rings. The number of amides is 1. The summed E-state index contributed by atoms with van der Waals surface area (Å²) in [6.07, 6.45) is 0. The number of carbonyl (C=O) groups is 3. The van der Waals surface area contributed by atoms with Crippen molar-refractivity contribution in [2.45, 2.75) is 0 Å². The molecule has 0 aliphatic heterocycles. The Morgan fingerprint density at radius 2 is 1.54 bits per heavy atom. The van der Waals surface area contributed by atoms with Crippen LogP contribution in [0.15, 0.2) is 48.5 Å². The zero-order chi connectivity index (χ0) is 17.7. The van der Waals surface area contributed by atoms with Crippen molar-refractivity contribution in [3.05, 3.63) is 70.2 Å². The SMILES string of the molecule is CN(C)C(=O)COC(=O)c1ccccc1C(=O)c1ccc(Cl)cc1. The summed E-state index contributed by atoms with van der Waals surface area (Å²) >= 11 is 5.82. The van der Waals surface area contributed by atoms with Crippen LogP contribution in [0.2, 0.25) is 5.02 Å². The fourth-order valence-corrected chi connectivity index (χ4v) is 2.08. The minimum atomic E-state index is -0.719. The van der Waals surface area contributed by atoms with Gasteiger partial charge in [0.1, 0.15) is 0 Å². The Balaban J connectivity index is 2.23. The summed E-state index contributed by atoms with van der Waals surface area (Å²) in [5.74, 6) is -1.38. The number of esters is 1. The molecule has 24 heavy (non-hydrogen) atoms. The summed E-state index contributed by atoms with van der Waals surface area (Å²) in [5.41, 5.74) is 0.732.